The molecule has 1 aromatic carbocycles. The fourth-order valence-electron chi connectivity index (χ4n) is 3.13. The smallest absolute Gasteiger partial charge is 0.276 e. The number of benzene rings is 1. The standard InChI is InChI=1S/C18H21N7O2/c1-13-3-5-15(6-4-13)25-17(19-21-22-25)12-23-7-9-24(10-8-23)18(26)16-11-14(2)27-20-16/h3-6,11H,7-10,12H2,1-2H3. The SMILES string of the molecule is Cc1ccc(-n2nnnc2CN2CCN(C(=O)c3cc(C)on3)CC2)cc1. The van der Waals surface area contributed by atoms with Crippen LogP contribution in [0.3, 0.4) is 0 Å². The number of hydrogen-bond donors (Lipinski definition) is 0. The lowest BCUT2D eigenvalue weighted by Crippen LogP contribution is -2.48. The predicted molar refractivity (Wildman–Crippen MR) is 96.3 cm³/mol. The maximum atomic E-state index is 12.5. The number of aryl methyl sites for hydroxylation is 2. The van der Waals surface area contributed by atoms with Gasteiger partial charge in [0, 0.05) is 32.2 Å². The van der Waals surface area contributed by atoms with E-state index in [1.807, 2.05) is 31.2 Å². The van der Waals surface area contributed by atoms with Crippen LogP contribution in [-0.4, -0.2) is 67.2 Å². The van der Waals surface area contributed by atoms with Gasteiger partial charge < -0.3 is 9.42 Å². The highest BCUT2D eigenvalue weighted by atomic mass is 16.5. The summed E-state index contributed by atoms with van der Waals surface area (Å²) in [6.07, 6.45) is 0. The topological polar surface area (TPSA) is 93.2 Å². The first-order valence-electron chi connectivity index (χ1n) is 8.89. The van der Waals surface area contributed by atoms with Crippen LogP contribution in [0.15, 0.2) is 34.9 Å². The number of amides is 1. The van der Waals surface area contributed by atoms with E-state index in [1.165, 1.54) is 5.56 Å². The number of rotatable bonds is 4. The van der Waals surface area contributed by atoms with E-state index in [2.05, 4.69) is 25.6 Å². The molecule has 0 N–H and O–H groups in total. The van der Waals surface area contributed by atoms with E-state index in [0.717, 1.165) is 24.6 Å². The first-order chi connectivity index (χ1) is 13.1. The molecule has 3 aromatic rings. The summed E-state index contributed by atoms with van der Waals surface area (Å²) in [7, 11) is 0. The van der Waals surface area contributed by atoms with Gasteiger partial charge in [0.15, 0.2) is 11.5 Å². The summed E-state index contributed by atoms with van der Waals surface area (Å²) < 4.78 is 6.76. The Morgan fingerprint density at radius 1 is 1.11 bits per heavy atom. The lowest BCUT2D eigenvalue weighted by Gasteiger charge is -2.33. The number of aromatic nitrogens is 5. The van der Waals surface area contributed by atoms with E-state index in [1.54, 1.807) is 22.6 Å². The first kappa shape index (κ1) is 17.3. The van der Waals surface area contributed by atoms with Crippen LogP contribution in [-0.2, 0) is 6.54 Å². The van der Waals surface area contributed by atoms with E-state index >= 15 is 0 Å². The summed E-state index contributed by atoms with van der Waals surface area (Å²) in [5.74, 6) is 1.33. The van der Waals surface area contributed by atoms with Gasteiger partial charge in [-0.1, -0.05) is 22.9 Å². The summed E-state index contributed by atoms with van der Waals surface area (Å²) in [6, 6.07) is 9.76. The molecule has 0 bridgehead atoms. The van der Waals surface area contributed by atoms with Crippen molar-refractivity contribution in [2.24, 2.45) is 0 Å². The van der Waals surface area contributed by atoms with E-state index in [0.29, 0.717) is 31.1 Å². The molecular formula is C18H21N7O2. The maximum absolute atomic E-state index is 12.5. The predicted octanol–water partition coefficient (Wildman–Crippen LogP) is 1.23. The largest absolute Gasteiger partial charge is 0.361 e. The van der Waals surface area contributed by atoms with Crippen LogP contribution in [0.2, 0.25) is 0 Å². The van der Waals surface area contributed by atoms with Crippen LogP contribution in [0, 0.1) is 13.8 Å². The third-order valence-electron chi connectivity index (χ3n) is 4.68. The number of hydrogen-bond acceptors (Lipinski definition) is 7. The molecule has 1 aliphatic heterocycles. The van der Waals surface area contributed by atoms with Gasteiger partial charge in [-0.2, -0.15) is 4.68 Å². The van der Waals surface area contributed by atoms with Gasteiger partial charge in [-0.05, 0) is 36.4 Å². The fraction of sp³-hybridized carbons (Fsp3) is 0.389. The normalized spacial score (nSPS) is 15.3. The van der Waals surface area contributed by atoms with Crippen molar-refractivity contribution in [3.63, 3.8) is 0 Å². The number of tetrazole rings is 1. The highest BCUT2D eigenvalue weighted by molar-refractivity contribution is 5.92. The molecule has 0 atom stereocenters. The van der Waals surface area contributed by atoms with Crippen molar-refractivity contribution in [1.82, 2.24) is 35.2 Å². The average Bonchev–Trinajstić information content (AvgIpc) is 3.32. The number of piperazine rings is 1. The average molecular weight is 367 g/mol. The minimum absolute atomic E-state index is 0.0870. The molecule has 140 valence electrons. The van der Waals surface area contributed by atoms with Crippen LogP contribution in [0.5, 0.6) is 0 Å². The Labute approximate surface area is 156 Å². The minimum Gasteiger partial charge on any atom is -0.361 e. The molecule has 0 saturated carbocycles. The summed E-state index contributed by atoms with van der Waals surface area (Å²) >= 11 is 0. The van der Waals surface area contributed by atoms with Crippen molar-refractivity contribution in [1.29, 1.82) is 0 Å². The van der Waals surface area contributed by atoms with Crippen molar-refractivity contribution < 1.29 is 9.32 Å². The summed E-state index contributed by atoms with van der Waals surface area (Å²) in [4.78, 5) is 16.5. The second-order valence-electron chi connectivity index (χ2n) is 6.73. The van der Waals surface area contributed by atoms with Gasteiger partial charge in [-0.25, -0.2) is 0 Å². The summed E-state index contributed by atoms with van der Waals surface area (Å²) in [5.41, 5.74) is 2.50. The van der Waals surface area contributed by atoms with Crippen LogP contribution < -0.4 is 0 Å². The quantitative estimate of drug-likeness (QED) is 0.684. The van der Waals surface area contributed by atoms with Crippen LogP contribution >= 0.6 is 0 Å². The second kappa shape index (κ2) is 7.28. The summed E-state index contributed by atoms with van der Waals surface area (Å²) in [5, 5.41) is 15.9. The molecular weight excluding hydrogens is 346 g/mol. The minimum atomic E-state index is -0.0870. The monoisotopic (exact) mass is 367 g/mol. The van der Waals surface area contributed by atoms with Crippen molar-refractivity contribution >= 4 is 5.91 Å². The number of carbonyl (C=O) groups excluding carboxylic acids is 1. The van der Waals surface area contributed by atoms with Crippen molar-refractivity contribution in [2.75, 3.05) is 26.2 Å². The molecule has 3 heterocycles. The zero-order valence-corrected chi connectivity index (χ0v) is 15.4. The highest BCUT2D eigenvalue weighted by Gasteiger charge is 2.25. The highest BCUT2D eigenvalue weighted by Crippen LogP contribution is 2.13. The second-order valence-corrected chi connectivity index (χ2v) is 6.73. The van der Waals surface area contributed by atoms with Gasteiger partial charge >= 0.3 is 0 Å². The Bertz CT molecular complexity index is 923. The van der Waals surface area contributed by atoms with Gasteiger partial charge in [0.05, 0.1) is 12.2 Å². The Kier molecular flexibility index (Phi) is 4.68. The van der Waals surface area contributed by atoms with Crippen molar-refractivity contribution in [3.05, 3.63) is 53.2 Å². The molecule has 0 unspecified atom stereocenters. The van der Waals surface area contributed by atoms with E-state index in [9.17, 15) is 4.79 Å². The molecule has 1 fully saturated rings. The Morgan fingerprint density at radius 2 is 1.85 bits per heavy atom. The molecule has 0 radical (unpaired) electrons. The van der Waals surface area contributed by atoms with Crippen LogP contribution in [0.4, 0.5) is 0 Å². The van der Waals surface area contributed by atoms with Crippen LogP contribution in [0.1, 0.15) is 27.6 Å². The molecule has 0 spiro atoms. The Hall–Kier alpha value is -3.07. The Morgan fingerprint density at radius 3 is 2.52 bits per heavy atom. The Balaban J connectivity index is 1.38. The third-order valence-corrected chi connectivity index (χ3v) is 4.68. The van der Waals surface area contributed by atoms with E-state index < -0.39 is 0 Å². The van der Waals surface area contributed by atoms with Crippen molar-refractivity contribution in [2.45, 2.75) is 20.4 Å². The van der Waals surface area contributed by atoms with E-state index in [-0.39, 0.29) is 5.91 Å². The fourth-order valence-corrected chi connectivity index (χ4v) is 3.13. The zero-order valence-electron chi connectivity index (χ0n) is 15.4. The van der Waals surface area contributed by atoms with Gasteiger partial charge in [0.2, 0.25) is 0 Å². The van der Waals surface area contributed by atoms with E-state index in [4.69, 9.17) is 4.52 Å². The molecule has 2 aromatic heterocycles. The first-order valence-corrected chi connectivity index (χ1v) is 8.89. The maximum Gasteiger partial charge on any atom is 0.276 e. The molecule has 1 amide bonds. The van der Waals surface area contributed by atoms with Crippen molar-refractivity contribution in [3.8, 4) is 5.69 Å². The molecule has 1 saturated heterocycles. The summed E-state index contributed by atoms with van der Waals surface area (Å²) in [6.45, 7) is 7.23. The number of nitrogens with zero attached hydrogens (tertiary/aromatic N) is 7. The van der Waals surface area contributed by atoms with Gasteiger partial charge in [-0.15, -0.1) is 5.10 Å². The van der Waals surface area contributed by atoms with Crippen LogP contribution in [0.25, 0.3) is 5.69 Å². The van der Waals surface area contributed by atoms with Gasteiger partial charge in [0.25, 0.3) is 5.91 Å². The van der Waals surface area contributed by atoms with Gasteiger partial charge in [-0.3, -0.25) is 9.69 Å². The molecule has 0 aliphatic carbocycles. The lowest BCUT2D eigenvalue weighted by molar-refractivity contribution is 0.0614. The zero-order chi connectivity index (χ0) is 18.8. The molecule has 9 heteroatoms. The third kappa shape index (κ3) is 3.72. The molecule has 27 heavy (non-hydrogen) atoms. The molecule has 4 rings (SSSR count). The molecule has 1 aliphatic rings. The van der Waals surface area contributed by atoms with Gasteiger partial charge in [0.1, 0.15) is 5.76 Å². The number of carbonyl (C=O) groups is 1. The molecule has 9 nitrogen and oxygen atoms in total. The lowest BCUT2D eigenvalue weighted by atomic mass is 10.2.